The topological polar surface area (TPSA) is 76.3 Å². The molecule has 7 heteroatoms. The lowest BCUT2D eigenvalue weighted by Gasteiger charge is -2.30. The van der Waals surface area contributed by atoms with E-state index in [1.54, 1.807) is 20.0 Å². The fourth-order valence-corrected chi connectivity index (χ4v) is 4.50. The van der Waals surface area contributed by atoms with Gasteiger partial charge in [0.25, 0.3) is 5.71 Å². The molecule has 0 aliphatic heterocycles. The Hall–Kier alpha value is -2.25. The van der Waals surface area contributed by atoms with Crippen molar-refractivity contribution in [3.05, 3.63) is 53.9 Å². The van der Waals surface area contributed by atoms with E-state index in [-0.39, 0.29) is 16.9 Å². The lowest BCUT2D eigenvalue weighted by molar-refractivity contribution is 0.300. The van der Waals surface area contributed by atoms with Crippen LogP contribution in [0.4, 0.5) is 0 Å². The van der Waals surface area contributed by atoms with Crippen molar-refractivity contribution in [2.75, 3.05) is 7.05 Å². The van der Waals surface area contributed by atoms with Gasteiger partial charge >= 0.3 is 0 Å². The van der Waals surface area contributed by atoms with Crippen LogP contribution in [-0.2, 0) is 10.0 Å². The van der Waals surface area contributed by atoms with Crippen LogP contribution in [0.1, 0.15) is 31.1 Å². The monoisotopic (exact) mass is 359 g/mol. The third-order valence-corrected chi connectivity index (χ3v) is 6.13. The molecule has 0 N–H and O–H groups in total. The molecule has 132 valence electrons. The second-order valence-electron chi connectivity index (χ2n) is 6.41. The van der Waals surface area contributed by atoms with E-state index in [1.165, 1.54) is 10.5 Å². The van der Waals surface area contributed by atoms with Crippen molar-refractivity contribution in [3.8, 4) is 0 Å². The number of rotatable bonds is 5. The quantitative estimate of drug-likeness (QED) is 0.696. The first-order valence-electron chi connectivity index (χ1n) is 8.07. The highest BCUT2D eigenvalue weighted by Gasteiger charge is 2.31. The molecule has 6 nitrogen and oxygen atoms in total. The number of hydrogen-bond acceptors (Lipinski definition) is 5. The number of aryl methyl sites for hydroxylation is 1. The lowest BCUT2D eigenvalue weighted by atomic mass is 9.96. The van der Waals surface area contributed by atoms with Gasteiger partial charge in [-0.3, -0.25) is 0 Å². The van der Waals surface area contributed by atoms with Crippen LogP contribution in [0.2, 0.25) is 0 Å². The molecule has 0 unspecified atom stereocenters. The van der Waals surface area contributed by atoms with Gasteiger partial charge in [-0.25, -0.2) is 13.4 Å². The minimum Gasteiger partial charge on any atom is -0.336 e. The molecular formula is C18H21N3O3S. The van der Waals surface area contributed by atoms with Gasteiger partial charge in [-0.15, -0.1) is 0 Å². The summed E-state index contributed by atoms with van der Waals surface area (Å²) in [5.74, 6) is 0.108. The van der Waals surface area contributed by atoms with Crippen LogP contribution in [0.15, 0.2) is 52.0 Å². The van der Waals surface area contributed by atoms with Gasteiger partial charge in [0.2, 0.25) is 10.0 Å². The van der Waals surface area contributed by atoms with E-state index in [1.807, 2.05) is 44.2 Å². The zero-order valence-corrected chi connectivity index (χ0v) is 15.5. The molecule has 0 radical (unpaired) electrons. The summed E-state index contributed by atoms with van der Waals surface area (Å²) in [6.07, 6.45) is 1.32. The summed E-state index contributed by atoms with van der Waals surface area (Å²) >= 11 is 0. The number of benzene rings is 1. The van der Waals surface area contributed by atoms with Crippen molar-refractivity contribution in [3.63, 3.8) is 0 Å². The zero-order valence-electron chi connectivity index (χ0n) is 14.7. The van der Waals surface area contributed by atoms with Crippen LogP contribution in [0.3, 0.4) is 0 Å². The van der Waals surface area contributed by atoms with Crippen molar-refractivity contribution >= 4 is 21.1 Å². The molecule has 0 aliphatic rings. The average Bonchev–Trinajstić information content (AvgIpc) is 2.96. The summed E-state index contributed by atoms with van der Waals surface area (Å²) in [6, 6.07) is 10.9. The Morgan fingerprint density at radius 1 is 1.16 bits per heavy atom. The molecular weight excluding hydrogens is 338 g/mol. The van der Waals surface area contributed by atoms with Gasteiger partial charge in [-0.2, -0.15) is 4.31 Å². The molecule has 1 atom stereocenters. The molecule has 0 spiro atoms. The summed E-state index contributed by atoms with van der Waals surface area (Å²) in [5.41, 5.74) is 1.91. The number of hydrogen-bond donors (Lipinski definition) is 0. The average molecular weight is 359 g/mol. The molecule has 0 fully saturated rings. The number of sulfonamides is 1. The maximum absolute atomic E-state index is 13.2. The minimum absolute atomic E-state index is 0.108. The van der Waals surface area contributed by atoms with Crippen molar-refractivity contribution in [1.29, 1.82) is 0 Å². The van der Waals surface area contributed by atoms with E-state index in [0.717, 1.165) is 5.56 Å². The molecule has 0 saturated heterocycles. The summed E-state index contributed by atoms with van der Waals surface area (Å²) in [4.78, 5) is 4.23. The van der Waals surface area contributed by atoms with Crippen LogP contribution in [-0.4, -0.2) is 29.9 Å². The molecule has 0 aliphatic carbocycles. The summed E-state index contributed by atoms with van der Waals surface area (Å²) in [5, 5.41) is 4.44. The van der Waals surface area contributed by atoms with E-state index in [4.69, 9.17) is 4.52 Å². The third-order valence-electron chi connectivity index (χ3n) is 4.33. The highest BCUT2D eigenvalue weighted by atomic mass is 32.2. The van der Waals surface area contributed by atoms with Crippen molar-refractivity contribution in [2.24, 2.45) is 5.92 Å². The molecule has 3 rings (SSSR count). The maximum atomic E-state index is 13.2. The molecule has 0 bridgehead atoms. The predicted molar refractivity (Wildman–Crippen MR) is 95.5 cm³/mol. The number of nitrogens with zero attached hydrogens (tertiary/aromatic N) is 3. The molecule has 0 saturated carbocycles. The van der Waals surface area contributed by atoms with Gasteiger partial charge in [-0.05, 0) is 24.5 Å². The Morgan fingerprint density at radius 2 is 1.84 bits per heavy atom. The smallest absolute Gasteiger partial charge is 0.257 e. The Morgan fingerprint density at radius 3 is 2.48 bits per heavy atom. The van der Waals surface area contributed by atoms with Crippen molar-refractivity contribution < 1.29 is 12.9 Å². The first-order valence-corrected chi connectivity index (χ1v) is 9.51. The van der Waals surface area contributed by atoms with E-state index in [2.05, 4.69) is 10.1 Å². The second kappa shape index (κ2) is 6.57. The Kier molecular flexibility index (Phi) is 4.62. The van der Waals surface area contributed by atoms with E-state index in [9.17, 15) is 8.42 Å². The largest absolute Gasteiger partial charge is 0.336 e. The van der Waals surface area contributed by atoms with Gasteiger partial charge in [0.05, 0.1) is 23.3 Å². The summed E-state index contributed by atoms with van der Waals surface area (Å²) < 4.78 is 32.8. The fourth-order valence-electron chi connectivity index (χ4n) is 3.05. The third kappa shape index (κ3) is 3.17. The van der Waals surface area contributed by atoms with Crippen LogP contribution in [0.5, 0.6) is 0 Å². The van der Waals surface area contributed by atoms with Gasteiger partial charge < -0.3 is 4.52 Å². The second-order valence-corrected chi connectivity index (χ2v) is 8.41. The van der Waals surface area contributed by atoms with E-state index in [0.29, 0.717) is 16.8 Å². The van der Waals surface area contributed by atoms with Gasteiger partial charge in [0.1, 0.15) is 4.90 Å². The predicted octanol–water partition coefficient (Wildman–Crippen LogP) is 3.55. The normalized spacial score (nSPS) is 13.7. The first kappa shape index (κ1) is 17.6. The standard InChI is InChI=1S/C18H21N3O3S/c1-12(2)17(14-8-6-5-7-9-14)21(4)25(22,23)15-10-16-13(3)20-24-18(16)19-11-15/h5-12,17H,1-4H3/t17-/m1/s1. The minimum atomic E-state index is -3.72. The zero-order chi connectivity index (χ0) is 18.2. The number of fused-ring (bicyclic) bond motifs is 1. The summed E-state index contributed by atoms with van der Waals surface area (Å²) in [7, 11) is -2.11. The van der Waals surface area contributed by atoms with Gasteiger partial charge in [0.15, 0.2) is 0 Å². The summed E-state index contributed by atoms with van der Waals surface area (Å²) in [6.45, 7) is 5.78. The van der Waals surface area contributed by atoms with Gasteiger partial charge in [-0.1, -0.05) is 49.3 Å². The lowest BCUT2D eigenvalue weighted by Crippen LogP contribution is -2.34. The fraction of sp³-hybridized carbons (Fsp3) is 0.333. The SMILES string of the molecule is Cc1noc2ncc(S(=O)(=O)N(C)[C@@H](c3ccccc3)C(C)C)cc12. The first-order chi connectivity index (χ1) is 11.8. The maximum Gasteiger partial charge on any atom is 0.257 e. The van der Waals surface area contributed by atoms with Crippen LogP contribution in [0.25, 0.3) is 11.1 Å². The highest BCUT2D eigenvalue weighted by molar-refractivity contribution is 7.89. The molecule has 25 heavy (non-hydrogen) atoms. The molecule has 1 aromatic carbocycles. The Labute approximate surface area is 147 Å². The van der Waals surface area contributed by atoms with Crippen LogP contribution >= 0.6 is 0 Å². The molecule has 0 amide bonds. The highest BCUT2D eigenvalue weighted by Crippen LogP contribution is 2.32. The van der Waals surface area contributed by atoms with Crippen LogP contribution in [0, 0.1) is 12.8 Å². The molecule has 2 aromatic heterocycles. The van der Waals surface area contributed by atoms with Crippen molar-refractivity contribution in [2.45, 2.75) is 31.7 Å². The van der Waals surface area contributed by atoms with Crippen LogP contribution < -0.4 is 0 Å². The molecule has 2 heterocycles. The molecule has 3 aromatic rings. The van der Waals surface area contributed by atoms with E-state index >= 15 is 0 Å². The van der Waals surface area contributed by atoms with Gasteiger partial charge in [0, 0.05) is 7.05 Å². The van der Waals surface area contributed by atoms with E-state index < -0.39 is 10.0 Å². The Balaban J connectivity index is 2.05. The Bertz CT molecular complexity index is 981. The van der Waals surface area contributed by atoms with Crippen molar-refractivity contribution in [1.82, 2.24) is 14.4 Å². The number of pyridine rings is 1. The number of aromatic nitrogens is 2.